The predicted molar refractivity (Wildman–Crippen MR) is 167 cm³/mol. The molecule has 2 aromatic carbocycles. The van der Waals surface area contributed by atoms with E-state index in [1.807, 2.05) is 4.67 Å². The van der Waals surface area contributed by atoms with Crippen molar-refractivity contribution >= 4 is 51.8 Å². The van der Waals surface area contributed by atoms with Gasteiger partial charge in [0.1, 0.15) is 30.4 Å². The molecule has 0 spiro atoms. The van der Waals surface area contributed by atoms with E-state index in [9.17, 15) is 13.8 Å². The summed E-state index contributed by atoms with van der Waals surface area (Å²) in [7, 11) is -0.130. The van der Waals surface area contributed by atoms with Crippen LogP contribution in [0.25, 0.3) is 10.9 Å². The Kier molecular flexibility index (Phi) is 11.4. The molecule has 14 heteroatoms. The van der Waals surface area contributed by atoms with E-state index in [0.29, 0.717) is 52.4 Å². The summed E-state index contributed by atoms with van der Waals surface area (Å²) in [6, 6.07) is 7.55. The number of carbonyl (C=O) groups excluding carboxylic acids is 1. The van der Waals surface area contributed by atoms with E-state index in [4.69, 9.17) is 18.9 Å². The molecule has 2 atom stereocenters. The first kappa shape index (κ1) is 33.1. The predicted octanol–water partition coefficient (Wildman–Crippen LogP) is 6.10. The lowest BCUT2D eigenvalue weighted by Gasteiger charge is -2.38. The zero-order valence-corrected chi connectivity index (χ0v) is 27.4. The van der Waals surface area contributed by atoms with Crippen molar-refractivity contribution in [1.29, 1.82) is 0 Å². The summed E-state index contributed by atoms with van der Waals surface area (Å²) >= 11 is 3.27. The number of methoxy groups -OCH3 is 2. The number of anilines is 2. The number of piperidine rings is 1. The molecule has 1 aromatic heterocycles. The average molecular weight is 683 g/mol. The molecule has 0 radical (unpaired) electrons. The first-order valence-electron chi connectivity index (χ1n) is 14.0. The molecule has 1 saturated heterocycles. The van der Waals surface area contributed by atoms with Crippen LogP contribution in [-0.2, 0) is 18.8 Å². The highest BCUT2D eigenvalue weighted by Gasteiger charge is 2.37. The molecule has 43 heavy (non-hydrogen) atoms. The van der Waals surface area contributed by atoms with Gasteiger partial charge in [-0.3, -0.25) is 9.36 Å². The van der Waals surface area contributed by atoms with E-state index >= 15 is 0 Å². The normalized spacial score (nSPS) is 16.6. The van der Waals surface area contributed by atoms with Gasteiger partial charge in [-0.15, -0.1) is 0 Å². The van der Waals surface area contributed by atoms with E-state index in [1.165, 1.54) is 19.5 Å². The Bertz CT molecular complexity index is 1470. The van der Waals surface area contributed by atoms with E-state index in [2.05, 4.69) is 36.3 Å². The third-order valence-corrected chi connectivity index (χ3v) is 10.2. The van der Waals surface area contributed by atoms with Crippen LogP contribution in [0.5, 0.6) is 11.5 Å². The van der Waals surface area contributed by atoms with Crippen LogP contribution in [0.15, 0.2) is 41.1 Å². The minimum atomic E-state index is -3.17. The van der Waals surface area contributed by atoms with Gasteiger partial charge in [0.05, 0.1) is 31.0 Å². The zero-order chi connectivity index (χ0) is 31.1. The molecular formula is C29H38BrFN5O6P. The number of esters is 1. The summed E-state index contributed by atoms with van der Waals surface area (Å²) in [6.07, 6.45) is 2.61. The van der Waals surface area contributed by atoms with Gasteiger partial charge in [0, 0.05) is 36.1 Å². The highest BCUT2D eigenvalue weighted by molar-refractivity contribution is 9.10. The topological polar surface area (TPSA) is 124 Å². The van der Waals surface area contributed by atoms with Crippen molar-refractivity contribution in [2.75, 3.05) is 45.6 Å². The summed E-state index contributed by atoms with van der Waals surface area (Å²) in [5.41, 5.74) is 0.890. The van der Waals surface area contributed by atoms with Crippen LogP contribution in [0.3, 0.4) is 0 Å². The van der Waals surface area contributed by atoms with Gasteiger partial charge < -0.3 is 24.3 Å². The van der Waals surface area contributed by atoms with Gasteiger partial charge in [-0.1, -0.05) is 15.9 Å². The monoisotopic (exact) mass is 681 g/mol. The summed E-state index contributed by atoms with van der Waals surface area (Å²) in [4.78, 5) is 21.0. The molecular weight excluding hydrogens is 644 g/mol. The van der Waals surface area contributed by atoms with Gasteiger partial charge in [-0.05, 0) is 63.8 Å². The van der Waals surface area contributed by atoms with Gasteiger partial charge >= 0.3 is 5.97 Å². The van der Waals surface area contributed by atoms with Crippen molar-refractivity contribution in [3.05, 3.63) is 46.9 Å². The average Bonchev–Trinajstić information content (AvgIpc) is 2.97. The number of aromatic nitrogens is 2. The number of rotatable bonds is 13. The van der Waals surface area contributed by atoms with Crippen LogP contribution in [-0.4, -0.2) is 73.0 Å². The number of halogens is 2. The molecule has 3 aromatic rings. The van der Waals surface area contributed by atoms with E-state index in [-0.39, 0.29) is 24.1 Å². The van der Waals surface area contributed by atoms with Gasteiger partial charge in [-0.25, -0.2) is 24.1 Å². The lowest BCUT2D eigenvalue weighted by atomic mass is 9.99. The summed E-state index contributed by atoms with van der Waals surface area (Å²) in [5, 5.41) is 6.68. The Hall–Kier alpha value is -2.83. The first-order valence-corrected chi connectivity index (χ1v) is 16.7. The smallest absolute Gasteiger partial charge is 0.323 e. The van der Waals surface area contributed by atoms with Crippen molar-refractivity contribution in [1.82, 2.24) is 19.7 Å². The van der Waals surface area contributed by atoms with E-state index in [1.54, 1.807) is 52.1 Å². The standard InChI is InChI=1S/C29H38BrFN5O6P/c1-18(2)42-29(37)19(3)35-43(38,17-39-4)36-10-8-20(9-11-36)15-41-27-14-25-22(13-26(27)40-5)28(33-16-32-25)34-24-7-6-21(30)12-23(24)31/h6-7,12-14,16,18-20H,8-11,15,17H2,1-5H3,(H,35,38)(H,32,33,34). The summed E-state index contributed by atoms with van der Waals surface area (Å²) < 4.78 is 53.2. The number of hydrogen-bond donors (Lipinski definition) is 2. The van der Waals surface area contributed by atoms with Crippen molar-refractivity contribution in [2.24, 2.45) is 5.92 Å². The molecule has 0 bridgehead atoms. The molecule has 0 saturated carbocycles. The molecule has 0 amide bonds. The van der Waals surface area contributed by atoms with Gasteiger partial charge in [-0.2, -0.15) is 0 Å². The third kappa shape index (κ3) is 8.42. The van der Waals surface area contributed by atoms with Gasteiger partial charge in [0.15, 0.2) is 11.5 Å². The zero-order valence-electron chi connectivity index (χ0n) is 24.9. The molecule has 11 nitrogen and oxygen atoms in total. The van der Waals surface area contributed by atoms with Crippen LogP contribution in [0, 0.1) is 11.7 Å². The molecule has 1 fully saturated rings. The largest absolute Gasteiger partial charge is 0.493 e. The lowest BCUT2D eigenvalue weighted by Crippen LogP contribution is -2.43. The number of fused-ring (bicyclic) bond motifs is 1. The molecule has 4 rings (SSSR count). The Balaban J connectivity index is 1.41. The van der Waals surface area contributed by atoms with Crippen LogP contribution in [0.4, 0.5) is 15.9 Å². The number of nitrogens with one attached hydrogen (secondary N) is 2. The molecule has 1 aliphatic heterocycles. The van der Waals surface area contributed by atoms with Crippen molar-refractivity contribution in [3.8, 4) is 11.5 Å². The van der Waals surface area contributed by atoms with E-state index in [0.717, 1.165) is 12.8 Å². The minimum absolute atomic E-state index is 0.0189. The van der Waals surface area contributed by atoms with Crippen LogP contribution in [0.2, 0.25) is 0 Å². The molecule has 2 N–H and O–H groups in total. The fraction of sp³-hybridized carbons (Fsp3) is 0.483. The number of benzene rings is 2. The number of nitrogens with zero attached hydrogens (tertiary/aromatic N) is 3. The van der Waals surface area contributed by atoms with Crippen LogP contribution < -0.4 is 19.9 Å². The van der Waals surface area contributed by atoms with Gasteiger partial charge in [0.2, 0.25) is 7.44 Å². The van der Waals surface area contributed by atoms with Crippen LogP contribution in [0.1, 0.15) is 33.6 Å². The number of carbonyl (C=O) groups is 1. The molecule has 2 unspecified atom stereocenters. The van der Waals surface area contributed by atoms with Crippen molar-refractivity contribution in [3.63, 3.8) is 0 Å². The molecule has 1 aliphatic rings. The fourth-order valence-electron chi connectivity index (χ4n) is 4.84. The van der Waals surface area contributed by atoms with Crippen molar-refractivity contribution < 1.29 is 32.7 Å². The van der Waals surface area contributed by atoms with Crippen LogP contribution >= 0.6 is 23.4 Å². The highest BCUT2D eigenvalue weighted by atomic mass is 79.9. The maximum Gasteiger partial charge on any atom is 0.323 e. The Morgan fingerprint density at radius 2 is 1.88 bits per heavy atom. The summed E-state index contributed by atoms with van der Waals surface area (Å²) in [5.74, 6) is 0.795. The Labute approximate surface area is 259 Å². The summed E-state index contributed by atoms with van der Waals surface area (Å²) in [6.45, 7) is 6.72. The Morgan fingerprint density at radius 1 is 1.14 bits per heavy atom. The third-order valence-electron chi connectivity index (χ3n) is 7.03. The SMILES string of the molecule is COCP(=O)(NC(C)C(=O)OC(C)C)N1CCC(COc2cc3ncnc(Nc4ccc(Br)cc4F)c3cc2OC)CC1. The fourth-order valence-corrected chi connectivity index (χ4v) is 7.51. The quantitative estimate of drug-likeness (QED) is 0.161. The second kappa shape index (κ2) is 14.8. The molecule has 2 heterocycles. The van der Waals surface area contributed by atoms with Gasteiger partial charge in [0.25, 0.3) is 0 Å². The molecule has 0 aliphatic carbocycles. The maximum absolute atomic E-state index is 14.5. The number of ether oxygens (including phenoxy) is 4. The number of hydrogen-bond acceptors (Lipinski definition) is 9. The maximum atomic E-state index is 14.5. The minimum Gasteiger partial charge on any atom is -0.493 e. The van der Waals surface area contributed by atoms with Crippen molar-refractivity contribution in [2.45, 2.75) is 45.8 Å². The first-order chi connectivity index (χ1) is 20.5. The second-order valence-electron chi connectivity index (χ2n) is 10.7. The lowest BCUT2D eigenvalue weighted by molar-refractivity contribution is -0.149. The highest BCUT2D eigenvalue weighted by Crippen LogP contribution is 2.48. The van der Waals surface area contributed by atoms with E-state index < -0.39 is 25.3 Å². The molecule has 234 valence electrons. The Morgan fingerprint density at radius 3 is 2.53 bits per heavy atom. The second-order valence-corrected chi connectivity index (χ2v) is 14.1.